The van der Waals surface area contributed by atoms with Crippen LogP contribution < -0.4 is 15.4 Å². The van der Waals surface area contributed by atoms with Crippen LogP contribution in [0, 0.1) is 0 Å². The van der Waals surface area contributed by atoms with Gasteiger partial charge in [-0.05, 0) is 65.3 Å². The Labute approximate surface area is 250 Å². The zero-order valence-electron chi connectivity index (χ0n) is 22.9. The number of amidine groups is 1. The molecule has 0 radical (unpaired) electrons. The number of carbonyl (C=O) groups excluding carboxylic acids is 1. The molecule has 4 rings (SSSR count). The molecule has 0 aliphatic rings. The molecule has 1 aromatic heterocycles. The molecule has 0 saturated carbocycles. The normalized spacial score (nSPS) is 12.0. The first kappa shape index (κ1) is 30.9. The molecule has 0 saturated heterocycles. The molecule has 0 fully saturated rings. The lowest BCUT2D eigenvalue weighted by molar-refractivity contribution is -0.274. The fraction of sp³-hybridized carbons (Fsp3) is 0.241. The van der Waals surface area contributed by atoms with Gasteiger partial charge in [0.1, 0.15) is 12.1 Å². The van der Waals surface area contributed by atoms with Crippen LogP contribution in [0.2, 0.25) is 5.02 Å². The maximum Gasteiger partial charge on any atom is 0.573 e. The molecule has 0 atom stereocenters. The predicted molar refractivity (Wildman–Crippen MR) is 160 cm³/mol. The summed E-state index contributed by atoms with van der Waals surface area (Å²) in [6.45, 7) is 6.34. The molecule has 0 unspecified atom stereocenters. The Kier molecular flexibility index (Phi) is 10.1. The second-order valence-corrected chi connectivity index (χ2v) is 11.0. The van der Waals surface area contributed by atoms with Crippen molar-refractivity contribution in [2.24, 2.45) is 4.99 Å². The number of ether oxygens (including phenoxy) is 1. The summed E-state index contributed by atoms with van der Waals surface area (Å²) in [5, 5.41) is 11.1. The SMILES string of the molecule is CCSC(=Nc1cc(Cl)ccc1C(C)C)NC(=O)NCc1cccc(-c2ncn(-c3ccc(OC(F)(F)F)cc3)n2)c1. The highest BCUT2D eigenvalue weighted by Crippen LogP contribution is 2.30. The Morgan fingerprint density at radius 2 is 1.88 bits per heavy atom. The highest BCUT2D eigenvalue weighted by atomic mass is 35.5. The predicted octanol–water partition coefficient (Wildman–Crippen LogP) is 7.85. The largest absolute Gasteiger partial charge is 0.573 e. The smallest absolute Gasteiger partial charge is 0.406 e. The van der Waals surface area contributed by atoms with Crippen molar-refractivity contribution in [1.82, 2.24) is 25.4 Å². The van der Waals surface area contributed by atoms with E-state index in [0.29, 0.717) is 38.7 Å². The number of halogens is 4. The topological polar surface area (TPSA) is 93.4 Å². The molecule has 3 aromatic carbocycles. The van der Waals surface area contributed by atoms with Gasteiger partial charge < -0.3 is 10.1 Å². The zero-order valence-corrected chi connectivity index (χ0v) is 24.5. The van der Waals surface area contributed by atoms with E-state index >= 15 is 0 Å². The number of benzene rings is 3. The van der Waals surface area contributed by atoms with Gasteiger partial charge in [-0.3, -0.25) is 5.32 Å². The maximum absolute atomic E-state index is 12.8. The second-order valence-electron chi connectivity index (χ2n) is 9.27. The van der Waals surface area contributed by atoms with Gasteiger partial charge in [-0.15, -0.1) is 18.3 Å². The van der Waals surface area contributed by atoms with Crippen molar-refractivity contribution in [2.75, 3.05) is 5.75 Å². The summed E-state index contributed by atoms with van der Waals surface area (Å²) in [6.07, 6.45) is -3.30. The van der Waals surface area contributed by atoms with Gasteiger partial charge in [0.25, 0.3) is 0 Å². The summed E-state index contributed by atoms with van der Waals surface area (Å²) in [5.41, 5.74) is 3.76. The average molecular weight is 617 g/mol. The van der Waals surface area contributed by atoms with Crippen LogP contribution in [0.25, 0.3) is 17.1 Å². The summed E-state index contributed by atoms with van der Waals surface area (Å²) < 4.78 is 42.6. The minimum atomic E-state index is -4.76. The molecule has 220 valence electrons. The van der Waals surface area contributed by atoms with Gasteiger partial charge in [-0.1, -0.05) is 68.4 Å². The number of rotatable bonds is 8. The fourth-order valence-electron chi connectivity index (χ4n) is 3.91. The molecule has 13 heteroatoms. The van der Waals surface area contributed by atoms with E-state index in [2.05, 4.69) is 44.3 Å². The Balaban J connectivity index is 1.41. The van der Waals surface area contributed by atoms with Gasteiger partial charge in [0.05, 0.1) is 11.4 Å². The van der Waals surface area contributed by atoms with Crippen LogP contribution in [0.3, 0.4) is 0 Å². The summed E-state index contributed by atoms with van der Waals surface area (Å²) in [4.78, 5) is 21.7. The summed E-state index contributed by atoms with van der Waals surface area (Å²) in [6, 6.07) is 17.8. The third-order valence-corrected chi connectivity index (χ3v) is 6.79. The van der Waals surface area contributed by atoms with Crippen molar-refractivity contribution in [2.45, 2.75) is 39.6 Å². The Hall–Kier alpha value is -4.03. The standard InChI is InChI=1S/C29H28ClF3N6O2S/c1-4-42-28(36-25-15-21(30)8-13-24(25)18(2)3)37-27(40)34-16-19-6-5-7-20(14-19)26-35-17-39(38-26)22-9-11-23(12-10-22)41-29(31,32)33/h5-15,17-18H,4,16H2,1-3H3,(H2,34,36,37,40). The van der Waals surface area contributed by atoms with Crippen molar-refractivity contribution in [3.8, 4) is 22.8 Å². The second kappa shape index (κ2) is 13.8. The molecule has 0 spiro atoms. The van der Waals surface area contributed by atoms with E-state index in [0.717, 1.165) is 11.1 Å². The summed E-state index contributed by atoms with van der Waals surface area (Å²) in [5.74, 6) is 1.03. The maximum atomic E-state index is 12.8. The average Bonchev–Trinajstić information content (AvgIpc) is 3.42. The highest BCUT2D eigenvalue weighted by Gasteiger charge is 2.31. The minimum absolute atomic E-state index is 0.231. The van der Waals surface area contributed by atoms with Crippen molar-refractivity contribution < 1.29 is 22.7 Å². The number of nitrogens with zero attached hydrogens (tertiary/aromatic N) is 4. The lowest BCUT2D eigenvalue weighted by Gasteiger charge is -2.13. The minimum Gasteiger partial charge on any atom is -0.406 e. The molecule has 4 aromatic rings. The van der Waals surface area contributed by atoms with E-state index in [1.807, 2.05) is 43.3 Å². The summed E-state index contributed by atoms with van der Waals surface area (Å²) in [7, 11) is 0. The molecule has 2 N–H and O–H groups in total. The number of nitrogens with one attached hydrogen (secondary N) is 2. The first-order valence-electron chi connectivity index (χ1n) is 12.9. The van der Waals surface area contributed by atoms with Gasteiger partial charge >= 0.3 is 12.4 Å². The zero-order chi connectivity index (χ0) is 30.3. The molecule has 1 heterocycles. The van der Waals surface area contributed by atoms with E-state index < -0.39 is 12.4 Å². The Morgan fingerprint density at radius 3 is 2.57 bits per heavy atom. The number of amides is 2. The van der Waals surface area contributed by atoms with E-state index in [1.54, 1.807) is 6.07 Å². The third kappa shape index (κ3) is 8.73. The van der Waals surface area contributed by atoms with Crippen LogP contribution in [0.4, 0.5) is 23.7 Å². The lowest BCUT2D eigenvalue weighted by Crippen LogP contribution is -2.38. The van der Waals surface area contributed by atoms with Gasteiger partial charge in [0.2, 0.25) is 0 Å². The number of urea groups is 1. The molecule has 42 heavy (non-hydrogen) atoms. The van der Waals surface area contributed by atoms with Crippen LogP contribution in [0.5, 0.6) is 5.75 Å². The first-order chi connectivity index (χ1) is 20.0. The van der Waals surface area contributed by atoms with Crippen LogP contribution >= 0.6 is 23.4 Å². The number of thioether (sulfide) groups is 1. The van der Waals surface area contributed by atoms with E-state index in [9.17, 15) is 18.0 Å². The molecule has 2 amide bonds. The Morgan fingerprint density at radius 1 is 1.12 bits per heavy atom. The van der Waals surface area contributed by atoms with Crippen molar-refractivity contribution >= 4 is 40.2 Å². The lowest BCUT2D eigenvalue weighted by atomic mass is 10.0. The number of alkyl halides is 3. The fourth-order valence-corrected chi connectivity index (χ4v) is 4.68. The van der Waals surface area contributed by atoms with E-state index in [4.69, 9.17) is 11.6 Å². The van der Waals surface area contributed by atoms with E-state index in [-0.39, 0.29) is 18.2 Å². The third-order valence-electron chi connectivity index (χ3n) is 5.80. The molecular formula is C29H28ClF3N6O2S. The first-order valence-corrected chi connectivity index (χ1v) is 14.3. The van der Waals surface area contributed by atoms with Gasteiger partial charge in [0, 0.05) is 17.1 Å². The highest BCUT2D eigenvalue weighted by molar-refractivity contribution is 8.13. The van der Waals surface area contributed by atoms with Crippen molar-refractivity contribution in [3.63, 3.8) is 0 Å². The van der Waals surface area contributed by atoms with E-state index in [1.165, 1.54) is 47.0 Å². The number of hydrogen-bond acceptors (Lipinski definition) is 6. The van der Waals surface area contributed by atoms with Crippen LogP contribution in [-0.4, -0.2) is 38.1 Å². The number of aliphatic imine (C=N–C) groups is 1. The Bertz CT molecular complexity index is 1560. The van der Waals surface area contributed by atoms with Gasteiger partial charge in [-0.25, -0.2) is 19.5 Å². The number of aromatic nitrogens is 3. The summed E-state index contributed by atoms with van der Waals surface area (Å²) >= 11 is 7.60. The molecule has 8 nitrogen and oxygen atoms in total. The molecule has 0 aliphatic carbocycles. The van der Waals surface area contributed by atoms with Crippen molar-refractivity contribution in [1.29, 1.82) is 0 Å². The molecule has 0 bridgehead atoms. The van der Waals surface area contributed by atoms with Crippen molar-refractivity contribution in [3.05, 3.63) is 89.2 Å². The van der Waals surface area contributed by atoms with Gasteiger partial charge in [-0.2, -0.15) is 0 Å². The van der Waals surface area contributed by atoms with Gasteiger partial charge in [0.15, 0.2) is 11.0 Å². The monoisotopic (exact) mass is 616 g/mol. The van der Waals surface area contributed by atoms with Crippen LogP contribution in [0.15, 0.2) is 78.0 Å². The van der Waals surface area contributed by atoms with Crippen LogP contribution in [-0.2, 0) is 6.54 Å². The molecular weight excluding hydrogens is 589 g/mol. The molecule has 0 aliphatic heterocycles. The number of hydrogen-bond donors (Lipinski definition) is 2. The quantitative estimate of drug-likeness (QED) is 0.155. The number of carbonyl (C=O) groups is 1. The van der Waals surface area contributed by atoms with Crippen LogP contribution in [0.1, 0.15) is 37.8 Å².